The molecule has 7 heteroatoms. The Kier molecular flexibility index (Phi) is 5.71. The van der Waals surface area contributed by atoms with E-state index in [1.54, 1.807) is 0 Å². The number of benzene rings is 2. The molecule has 2 fully saturated rings. The standard InChI is InChI=1S/C22H30N6O/c1-15-4-8-19(9-5-15)27-10-12-28(13-11-27)22(29)20-21(25-26-24-20)23-18-7-6-16(2)17(3)14-18/h4-9,14,20-21,23-26H,10-13H2,1-3H3. The molecule has 1 amide bonds. The van der Waals surface area contributed by atoms with Gasteiger partial charge in [0.05, 0.1) is 0 Å². The zero-order valence-electron chi connectivity index (χ0n) is 17.3. The lowest BCUT2D eigenvalue weighted by Crippen LogP contribution is -2.57. The molecule has 2 aromatic carbocycles. The van der Waals surface area contributed by atoms with E-state index in [0.29, 0.717) is 0 Å². The first-order valence-corrected chi connectivity index (χ1v) is 10.2. The van der Waals surface area contributed by atoms with Crippen molar-refractivity contribution in [3.8, 4) is 0 Å². The molecule has 7 nitrogen and oxygen atoms in total. The van der Waals surface area contributed by atoms with Gasteiger partial charge in [-0.05, 0) is 56.2 Å². The number of carbonyl (C=O) groups is 1. The van der Waals surface area contributed by atoms with Gasteiger partial charge in [0, 0.05) is 37.6 Å². The third-order valence-corrected chi connectivity index (χ3v) is 5.87. The van der Waals surface area contributed by atoms with E-state index in [1.807, 2.05) is 11.0 Å². The second-order valence-corrected chi connectivity index (χ2v) is 7.96. The summed E-state index contributed by atoms with van der Waals surface area (Å²) in [5, 5.41) is 3.42. The van der Waals surface area contributed by atoms with Gasteiger partial charge in [-0.2, -0.15) is 5.53 Å². The minimum atomic E-state index is -0.373. The molecule has 2 aliphatic rings. The zero-order valence-corrected chi connectivity index (χ0v) is 17.3. The fraction of sp³-hybridized carbons (Fsp3) is 0.409. The van der Waals surface area contributed by atoms with Crippen LogP contribution in [0.1, 0.15) is 16.7 Å². The van der Waals surface area contributed by atoms with E-state index in [-0.39, 0.29) is 18.1 Å². The van der Waals surface area contributed by atoms with Crippen molar-refractivity contribution in [2.24, 2.45) is 0 Å². The minimum Gasteiger partial charge on any atom is -0.368 e. The predicted octanol–water partition coefficient (Wildman–Crippen LogP) is 1.68. The Labute approximate surface area is 172 Å². The highest BCUT2D eigenvalue weighted by atomic mass is 16.2. The van der Waals surface area contributed by atoms with E-state index in [2.05, 4.69) is 83.8 Å². The second-order valence-electron chi connectivity index (χ2n) is 7.96. The van der Waals surface area contributed by atoms with Crippen molar-refractivity contribution >= 4 is 17.3 Å². The van der Waals surface area contributed by atoms with Crippen molar-refractivity contribution in [2.45, 2.75) is 33.0 Å². The molecular weight excluding hydrogens is 364 g/mol. The molecule has 2 aromatic rings. The van der Waals surface area contributed by atoms with Gasteiger partial charge in [0.25, 0.3) is 0 Å². The van der Waals surface area contributed by atoms with Crippen LogP contribution in [0.25, 0.3) is 0 Å². The van der Waals surface area contributed by atoms with Crippen LogP contribution in [0, 0.1) is 20.8 Å². The maximum Gasteiger partial charge on any atom is 0.244 e. The third kappa shape index (κ3) is 4.37. The van der Waals surface area contributed by atoms with Gasteiger partial charge in [-0.15, -0.1) is 0 Å². The van der Waals surface area contributed by atoms with Gasteiger partial charge in [0.2, 0.25) is 5.91 Å². The Morgan fingerprint density at radius 3 is 2.34 bits per heavy atom. The monoisotopic (exact) mass is 394 g/mol. The average Bonchev–Trinajstić information content (AvgIpc) is 3.19. The van der Waals surface area contributed by atoms with E-state index < -0.39 is 0 Å². The summed E-state index contributed by atoms with van der Waals surface area (Å²) in [5.74, 6) is 0.104. The van der Waals surface area contributed by atoms with E-state index in [1.165, 1.54) is 22.4 Å². The van der Waals surface area contributed by atoms with Crippen molar-refractivity contribution < 1.29 is 4.79 Å². The second kappa shape index (κ2) is 8.41. The first kappa shape index (κ1) is 19.7. The number of rotatable bonds is 4. The Bertz CT molecular complexity index is 860. The molecule has 4 rings (SSSR count). The van der Waals surface area contributed by atoms with Gasteiger partial charge in [0.1, 0.15) is 12.2 Å². The predicted molar refractivity (Wildman–Crippen MR) is 116 cm³/mol. The number of amides is 1. The van der Waals surface area contributed by atoms with Crippen molar-refractivity contribution in [1.82, 2.24) is 21.3 Å². The van der Waals surface area contributed by atoms with E-state index in [9.17, 15) is 4.79 Å². The summed E-state index contributed by atoms with van der Waals surface area (Å²) in [6.45, 7) is 9.42. The summed E-state index contributed by atoms with van der Waals surface area (Å²) in [7, 11) is 0. The maximum absolute atomic E-state index is 13.1. The number of hydrazine groups is 2. The summed E-state index contributed by atoms with van der Waals surface area (Å²) < 4.78 is 0. The van der Waals surface area contributed by atoms with Crippen LogP contribution in [0.4, 0.5) is 11.4 Å². The Morgan fingerprint density at radius 1 is 0.931 bits per heavy atom. The topological polar surface area (TPSA) is 71.7 Å². The van der Waals surface area contributed by atoms with Gasteiger partial charge in [0.15, 0.2) is 0 Å². The lowest BCUT2D eigenvalue weighted by atomic mass is 10.1. The maximum atomic E-state index is 13.1. The summed E-state index contributed by atoms with van der Waals surface area (Å²) in [6.07, 6.45) is -0.222. The highest BCUT2D eigenvalue weighted by Crippen LogP contribution is 2.19. The van der Waals surface area contributed by atoms with Crippen LogP contribution >= 0.6 is 0 Å². The van der Waals surface area contributed by atoms with Crippen LogP contribution < -0.4 is 26.6 Å². The fourth-order valence-corrected chi connectivity index (χ4v) is 3.84. The van der Waals surface area contributed by atoms with Crippen molar-refractivity contribution in [3.05, 3.63) is 59.2 Å². The van der Waals surface area contributed by atoms with Gasteiger partial charge in [-0.1, -0.05) is 23.8 Å². The highest BCUT2D eigenvalue weighted by Gasteiger charge is 2.36. The Balaban J connectivity index is 1.36. The van der Waals surface area contributed by atoms with Crippen LogP contribution in [0.2, 0.25) is 0 Å². The van der Waals surface area contributed by atoms with E-state index in [4.69, 9.17) is 0 Å². The summed E-state index contributed by atoms with van der Waals surface area (Å²) in [4.78, 5) is 17.4. The molecular formula is C22H30N6O. The van der Waals surface area contributed by atoms with E-state index in [0.717, 1.165) is 31.9 Å². The molecule has 0 bridgehead atoms. The SMILES string of the molecule is Cc1ccc(N2CCN(C(=O)C3NNNC3Nc3ccc(C)c(C)c3)CC2)cc1. The number of hydrogen-bond acceptors (Lipinski definition) is 6. The molecule has 2 saturated heterocycles. The smallest absolute Gasteiger partial charge is 0.244 e. The molecule has 2 heterocycles. The largest absolute Gasteiger partial charge is 0.368 e. The molecule has 2 atom stereocenters. The zero-order chi connectivity index (χ0) is 20.4. The minimum absolute atomic E-state index is 0.104. The average molecular weight is 395 g/mol. The fourth-order valence-electron chi connectivity index (χ4n) is 3.84. The van der Waals surface area contributed by atoms with Crippen LogP contribution in [-0.4, -0.2) is 49.2 Å². The molecule has 0 aliphatic carbocycles. The number of nitrogens with zero attached hydrogens (tertiary/aromatic N) is 2. The van der Waals surface area contributed by atoms with Crippen LogP contribution in [0.5, 0.6) is 0 Å². The van der Waals surface area contributed by atoms with Crippen molar-refractivity contribution in [3.63, 3.8) is 0 Å². The van der Waals surface area contributed by atoms with Crippen molar-refractivity contribution in [1.29, 1.82) is 0 Å². The number of nitrogens with one attached hydrogen (secondary N) is 4. The van der Waals surface area contributed by atoms with Crippen molar-refractivity contribution in [2.75, 3.05) is 36.4 Å². The summed E-state index contributed by atoms with van der Waals surface area (Å²) in [6, 6.07) is 14.5. The van der Waals surface area contributed by atoms with Gasteiger partial charge in [-0.3, -0.25) is 4.79 Å². The van der Waals surface area contributed by atoms with E-state index >= 15 is 0 Å². The molecule has 29 heavy (non-hydrogen) atoms. The lowest BCUT2D eigenvalue weighted by Gasteiger charge is -2.37. The molecule has 0 spiro atoms. The quantitative estimate of drug-likeness (QED) is 0.633. The highest BCUT2D eigenvalue weighted by molar-refractivity contribution is 5.83. The third-order valence-electron chi connectivity index (χ3n) is 5.87. The number of anilines is 2. The first-order valence-electron chi connectivity index (χ1n) is 10.2. The van der Waals surface area contributed by atoms with Crippen LogP contribution in [-0.2, 0) is 4.79 Å². The molecule has 0 aromatic heterocycles. The normalized spacial score (nSPS) is 22.0. The van der Waals surface area contributed by atoms with Gasteiger partial charge < -0.3 is 15.1 Å². The van der Waals surface area contributed by atoms with Gasteiger partial charge in [-0.25, -0.2) is 10.9 Å². The van der Waals surface area contributed by atoms with Gasteiger partial charge >= 0.3 is 0 Å². The molecule has 154 valence electrons. The summed E-state index contributed by atoms with van der Waals surface area (Å²) >= 11 is 0. The number of carbonyl (C=O) groups excluding carboxylic acids is 1. The Hall–Kier alpha value is -2.61. The first-order chi connectivity index (χ1) is 14.0. The lowest BCUT2D eigenvalue weighted by molar-refractivity contribution is -0.133. The number of aryl methyl sites for hydroxylation is 3. The summed E-state index contributed by atoms with van der Waals surface area (Å²) in [5.41, 5.74) is 15.1. The number of hydrogen-bond donors (Lipinski definition) is 4. The molecule has 2 aliphatic heterocycles. The molecule has 2 unspecified atom stereocenters. The van der Waals surface area contributed by atoms with Crippen LogP contribution in [0.3, 0.4) is 0 Å². The number of piperazine rings is 1. The molecule has 0 saturated carbocycles. The Morgan fingerprint density at radius 2 is 1.66 bits per heavy atom. The molecule has 0 radical (unpaired) electrons. The van der Waals surface area contributed by atoms with Crippen LogP contribution in [0.15, 0.2) is 42.5 Å². The molecule has 4 N–H and O–H groups in total.